The lowest BCUT2D eigenvalue weighted by Gasteiger charge is -2.19. The monoisotopic (exact) mass is 413 g/mol. The van der Waals surface area contributed by atoms with Crippen molar-refractivity contribution in [2.45, 2.75) is 20.4 Å². The minimum Gasteiger partial charge on any atom is -0.309 e. The van der Waals surface area contributed by atoms with E-state index in [2.05, 4.69) is 38.6 Å². The standard InChI is InChI=1S/C25H27N5O/c1-3-29(4-2)17-18-30-22-13-6-5-12-21(22)27-25(30)28-23(31)15-14-20-10-7-9-19-11-8-16-26-24(19)20/h5-16H,3-4,17-18H2,1-2H3,(H,27,28,31)/b15-14+. The molecule has 2 heterocycles. The molecule has 6 heteroatoms. The van der Waals surface area contributed by atoms with E-state index in [9.17, 15) is 4.79 Å². The Balaban J connectivity index is 1.56. The Labute approximate surface area is 182 Å². The molecule has 0 unspecified atom stereocenters. The van der Waals surface area contributed by atoms with Crippen LogP contribution in [0.3, 0.4) is 0 Å². The summed E-state index contributed by atoms with van der Waals surface area (Å²) >= 11 is 0. The zero-order valence-electron chi connectivity index (χ0n) is 18.0. The van der Waals surface area contributed by atoms with Crippen LogP contribution in [-0.4, -0.2) is 45.0 Å². The molecule has 6 nitrogen and oxygen atoms in total. The van der Waals surface area contributed by atoms with E-state index < -0.39 is 0 Å². The first-order valence-corrected chi connectivity index (χ1v) is 10.7. The second-order valence-corrected chi connectivity index (χ2v) is 7.35. The molecule has 2 aromatic carbocycles. The molecule has 4 aromatic rings. The molecule has 0 atom stereocenters. The Hall–Kier alpha value is -3.51. The molecule has 0 aliphatic heterocycles. The molecular formula is C25H27N5O. The van der Waals surface area contributed by atoms with Crippen molar-refractivity contribution < 1.29 is 4.79 Å². The van der Waals surface area contributed by atoms with Gasteiger partial charge < -0.3 is 9.47 Å². The fourth-order valence-electron chi connectivity index (χ4n) is 3.76. The second kappa shape index (κ2) is 9.53. The fraction of sp³-hybridized carbons (Fsp3) is 0.240. The van der Waals surface area contributed by atoms with Gasteiger partial charge in [-0.3, -0.25) is 15.1 Å². The van der Waals surface area contributed by atoms with Gasteiger partial charge in [0.2, 0.25) is 5.95 Å². The lowest BCUT2D eigenvalue weighted by Crippen LogP contribution is -2.27. The maximum atomic E-state index is 12.7. The van der Waals surface area contributed by atoms with Crippen molar-refractivity contribution in [3.8, 4) is 0 Å². The van der Waals surface area contributed by atoms with Crippen molar-refractivity contribution in [1.82, 2.24) is 19.4 Å². The number of benzene rings is 2. The Morgan fingerprint density at radius 2 is 1.87 bits per heavy atom. The van der Waals surface area contributed by atoms with Gasteiger partial charge in [-0.1, -0.05) is 50.2 Å². The van der Waals surface area contributed by atoms with Gasteiger partial charge in [0.15, 0.2) is 0 Å². The number of carbonyl (C=O) groups is 1. The van der Waals surface area contributed by atoms with Gasteiger partial charge in [0.1, 0.15) is 0 Å². The third kappa shape index (κ3) is 4.64. The number of aromatic nitrogens is 3. The van der Waals surface area contributed by atoms with Gasteiger partial charge in [0.25, 0.3) is 5.91 Å². The number of anilines is 1. The number of carbonyl (C=O) groups excluding carboxylic acids is 1. The number of imidazole rings is 1. The predicted molar refractivity (Wildman–Crippen MR) is 127 cm³/mol. The third-order valence-electron chi connectivity index (χ3n) is 5.50. The Kier molecular flexibility index (Phi) is 6.38. The van der Waals surface area contributed by atoms with Crippen LogP contribution in [0.15, 0.2) is 66.9 Å². The van der Waals surface area contributed by atoms with Crippen molar-refractivity contribution in [3.63, 3.8) is 0 Å². The quantitative estimate of drug-likeness (QED) is 0.430. The van der Waals surface area contributed by atoms with Crippen LogP contribution in [0.1, 0.15) is 19.4 Å². The zero-order chi connectivity index (χ0) is 21.6. The van der Waals surface area contributed by atoms with Gasteiger partial charge in [-0.15, -0.1) is 0 Å². The second-order valence-electron chi connectivity index (χ2n) is 7.35. The van der Waals surface area contributed by atoms with Crippen molar-refractivity contribution in [1.29, 1.82) is 0 Å². The first kappa shape index (κ1) is 20.8. The summed E-state index contributed by atoms with van der Waals surface area (Å²) < 4.78 is 2.08. The number of amides is 1. The van der Waals surface area contributed by atoms with Crippen molar-refractivity contribution in [2.75, 3.05) is 25.0 Å². The van der Waals surface area contributed by atoms with Crippen molar-refractivity contribution >= 4 is 39.9 Å². The highest BCUT2D eigenvalue weighted by Crippen LogP contribution is 2.20. The first-order valence-electron chi connectivity index (χ1n) is 10.7. The summed E-state index contributed by atoms with van der Waals surface area (Å²) in [5, 5.41) is 4.01. The lowest BCUT2D eigenvalue weighted by atomic mass is 10.1. The van der Waals surface area contributed by atoms with Gasteiger partial charge in [0.05, 0.1) is 16.6 Å². The summed E-state index contributed by atoms with van der Waals surface area (Å²) in [6, 6.07) is 17.8. The zero-order valence-corrected chi connectivity index (χ0v) is 18.0. The molecule has 1 N–H and O–H groups in total. The molecule has 0 aliphatic rings. The number of likely N-dealkylation sites (N-methyl/N-ethyl adjacent to an activating group) is 1. The molecule has 2 aromatic heterocycles. The largest absolute Gasteiger partial charge is 0.309 e. The minimum atomic E-state index is -0.215. The van der Waals surface area contributed by atoms with Crippen LogP contribution < -0.4 is 5.32 Å². The molecule has 0 spiro atoms. The van der Waals surface area contributed by atoms with Crippen LogP contribution in [0.5, 0.6) is 0 Å². The molecule has 1 amide bonds. The van der Waals surface area contributed by atoms with E-state index >= 15 is 0 Å². The third-order valence-corrected chi connectivity index (χ3v) is 5.50. The number of nitrogens with zero attached hydrogens (tertiary/aromatic N) is 4. The molecule has 158 valence electrons. The normalized spacial score (nSPS) is 11.7. The Morgan fingerprint density at radius 3 is 2.71 bits per heavy atom. The van der Waals surface area contributed by atoms with E-state index in [1.165, 1.54) is 6.08 Å². The summed E-state index contributed by atoms with van der Waals surface area (Å²) in [5.41, 5.74) is 3.68. The highest BCUT2D eigenvalue weighted by Gasteiger charge is 2.13. The van der Waals surface area contributed by atoms with Gasteiger partial charge >= 0.3 is 0 Å². The summed E-state index contributed by atoms with van der Waals surface area (Å²) in [4.78, 5) is 24.2. The minimum absolute atomic E-state index is 0.215. The number of pyridine rings is 1. The van der Waals surface area contributed by atoms with E-state index in [1.54, 1.807) is 12.3 Å². The molecule has 31 heavy (non-hydrogen) atoms. The highest BCUT2D eigenvalue weighted by atomic mass is 16.1. The van der Waals surface area contributed by atoms with Crippen molar-refractivity contribution in [3.05, 3.63) is 72.4 Å². The number of hydrogen-bond donors (Lipinski definition) is 1. The Bertz CT molecular complexity index is 1220. The van der Waals surface area contributed by atoms with Gasteiger partial charge in [-0.2, -0.15) is 0 Å². The van der Waals surface area contributed by atoms with Crippen LogP contribution in [0.2, 0.25) is 0 Å². The van der Waals surface area contributed by atoms with Crippen LogP contribution >= 0.6 is 0 Å². The van der Waals surface area contributed by atoms with E-state index in [0.29, 0.717) is 5.95 Å². The molecule has 0 fully saturated rings. The molecular weight excluding hydrogens is 386 g/mol. The first-order chi connectivity index (χ1) is 15.2. The maximum absolute atomic E-state index is 12.7. The molecule has 0 aliphatic carbocycles. The van der Waals surface area contributed by atoms with Gasteiger partial charge in [0, 0.05) is 36.3 Å². The van der Waals surface area contributed by atoms with Crippen molar-refractivity contribution in [2.24, 2.45) is 0 Å². The number of fused-ring (bicyclic) bond motifs is 2. The molecule has 0 saturated heterocycles. The fourth-order valence-corrected chi connectivity index (χ4v) is 3.76. The molecule has 0 saturated carbocycles. The smallest absolute Gasteiger partial charge is 0.250 e. The van der Waals surface area contributed by atoms with Gasteiger partial charge in [-0.25, -0.2) is 4.98 Å². The summed E-state index contributed by atoms with van der Waals surface area (Å²) in [6.07, 6.45) is 5.10. The summed E-state index contributed by atoms with van der Waals surface area (Å²) in [5.74, 6) is 0.353. The van der Waals surface area contributed by atoms with E-state index in [4.69, 9.17) is 0 Å². The van der Waals surface area contributed by atoms with E-state index in [-0.39, 0.29) is 5.91 Å². The summed E-state index contributed by atoms with van der Waals surface area (Å²) in [7, 11) is 0. The Morgan fingerprint density at radius 1 is 1.06 bits per heavy atom. The topological polar surface area (TPSA) is 63.0 Å². The SMILES string of the molecule is CCN(CC)CCn1c(NC(=O)/C=C/c2cccc3cccnc23)nc2ccccc21. The van der Waals surface area contributed by atoms with E-state index in [1.807, 2.05) is 54.6 Å². The number of rotatable bonds is 8. The van der Waals surface area contributed by atoms with Crippen LogP contribution in [0.4, 0.5) is 5.95 Å². The highest BCUT2D eigenvalue weighted by molar-refractivity contribution is 6.03. The number of para-hydroxylation sites is 3. The van der Waals surface area contributed by atoms with Crippen LogP contribution in [0, 0.1) is 0 Å². The van der Waals surface area contributed by atoms with Crippen LogP contribution in [0.25, 0.3) is 28.0 Å². The van der Waals surface area contributed by atoms with E-state index in [0.717, 1.165) is 53.7 Å². The molecule has 0 bridgehead atoms. The molecule has 0 radical (unpaired) electrons. The van der Waals surface area contributed by atoms with Gasteiger partial charge in [-0.05, 0) is 37.4 Å². The van der Waals surface area contributed by atoms with Crippen LogP contribution in [-0.2, 0) is 11.3 Å². The maximum Gasteiger partial charge on any atom is 0.250 e. The predicted octanol–water partition coefficient (Wildman–Crippen LogP) is 4.58. The average Bonchev–Trinajstić information content (AvgIpc) is 3.15. The lowest BCUT2D eigenvalue weighted by molar-refractivity contribution is -0.111. The number of nitrogens with one attached hydrogen (secondary N) is 1. The average molecular weight is 414 g/mol. The summed E-state index contributed by atoms with van der Waals surface area (Å²) in [6.45, 7) is 7.96. The molecule has 4 rings (SSSR count). The number of hydrogen-bond acceptors (Lipinski definition) is 4.